The fourth-order valence-corrected chi connectivity index (χ4v) is 4.49. The van der Waals surface area contributed by atoms with Crippen molar-refractivity contribution < 1.29 is 18.7 Å². The highest BCUT2D eigenvalue weighted by Crippen LogP contribution is 2.27. The molecule has 0 bridgehead atoms. The lowest BCUT2D eigenvalue weighted by Crippen LogP contribution is -2.39. The summed E-state index contributed by atoms with van der Waals surface area (Å²) < 4.78 is 12.4. The van der Waals surface area contributed by atoms with Crippen LogP contribution in [0.3, 0.4) is 0 Å². The summed E-state index contributed by atoms with van der Waals surface area (Å²) in [4.78, 5) is 28.6. The van der Waals surface area contributed by atoms with Gasteiger partial charge in [-0.25, -0.2) is 4.68 Å². The van der Waals surface area contributed by atoms with Gasteiger partial charge in [0.25, 0.3) is 11.8 Å². The van der Waals surface area contributed by atoms with Crippen molar-refractivity contribution in [3.63, 3.8) is 0 Å². The van der Waals surface area contributed by atoms with Crippen LogP contribution in [0, 0.1) is 0 Å². The summed E-state index contributed by atoms with van der Waals surface area (Å²) in [7, 11) is 0. The largest absolute Gasteiger partial charge is 0.459 e. The van der Waals surface area contributed by atoms with Crippen molar-refractivity contribution in [2.75, 3.05) is 39.4 Å². The summed E-state index contributed by atoms with van der Waals surface area (Å²) in [6, 6.07) is 20.1. The minimum atomic E-state index is -0.525. The number of para-hydroxylation sites is 1. The van der Waals surface area contributed by atoms with E-state index < -0.39 is 11.8 Å². The number of nitrogens with zero attached hydrogens (tertiary/aromatic N) is 3. The maximum absolute atomic E-state index is 13.4. The number of hydrogen-bond donors (Lipinski definition) is 2. The first kappa shape index (κ1) is 27.4. The molecule has 0 saturated carbocycles. The van der Waals surface area contributed by atoms with Gasteiger partial charge in [-0.2, -0.15) is 5.10 Å². The van der Waals surface area contributed by atoms with Crippen LogP contribution >= 0.6 is 11.6 Å². The van der Waals surface area contributed by atoms with E-state index in [1.165, 1.54) is 6.26 Å². The zero-order chi connectivity index (χ0) is 27.7. The fourth-order valence-electron chi connectivity index (χ4n) is 4.37. The predicted octanol–water partition coefficient (Wildman–Crippen LogP) is 4.40. The smallest absolute Gasteiger partial charge is 0.291 e. The fraction of sp³-hybridized carbons (Fsp3) is 0.233. The number of carbonyl (C=O) groups excluding carboxylic acids is 2. The standard InChI is InChI=1S/C30H30ClN5O4/c31-24-11-9-22(10-12-24)28-23(21-36(34-28)25-6-2-1-3-7-25)20-26(33-30(38)27-8-4-17-40-27)29(37)32-13-5-14-35-15-18-39-19-16-35/h1-4,6-12,17,20-21H,5,13-16,18-19H2,(H,32,37)(H,33,38)/b26-20-. The SMILES string of the molecule is O=C(NCCCN1CCOCC1)/C(=C/c1cn(-c2ccccc2)nc1-c1ccc(Cl)cc1)NC(=O)c1ccco1. The second-order valence-corrected chi connectivity index (χ2v) is 9.71. The quantitative estimate of drug-likeness (QED) is 0.221. The monoisotopic (exact) mass is 559 g/mol. The summed E-state index contributed by atoms with van der Waals surface area (Å²) in [5, 5.41) is 11.1. The van der Waals surface area contributed by atoms with Gasteiger partial charge in [0.2, 0.25) is 0 Å². The van der Waals surface area contributed by atoms with Crippen molar-refractivity contribution in [1.82, 2.24) is 25.3 Å². The van der Waals surface area contributed by atoms with Gasteiger partial charge in [0, 0.05) is 42.0 Å². The molecule has 40 heavy (non-hydrogen) atoms. The zero-order valence-corrected chi connectivity index (χ0v) is 22.6. The van der Waals surface area contributed by atoms with Crippen molar-refractivity contribution in [2.24, 2.45) is 0 Å². The molecule has 0 radical (unpaired) electrons. The van der Waals surface area contributed by atoms with E-state index in [9.17, 15) is 9.59 Å². The number of halogens is 1. The minimum Gasteiger partial charge on any atom is -0.459 e. The van der Waals surface area contributed by atoms with Gasteiger partial charge in [0.15, 0.2) is 5.76 Å². The van der Waals surface area contributed by atoms with E-state index in [4.69, 9.17) is 25.9 Å². The molecule has 3 heterocycles. The average molecular weight is 560 g/mol. The minimum absolute atomic E-state index is 0.0793. The van der Waals surface area contributed by atoms with Crippen LogP contribution in [0.1, 0.15) is 22.5 Å². The summed E-state index contributed by atoms with van der Waals surface area (Å²) in [6.07, 6.45) is 5.64. The lowest BCUT2D eigenvalue weighted by Gasteiger charge is -2.26. The summed E-state index contributed by atoms with van der Waals surface area (Å²) in [5.74, 6) is -0.830. The Kier molecular flexibility index (Phi) is 9.07. The zero-order valence-electron chi connectivity index (χ0n) is 21.9. The molecule has 5 rings (SSSR count). The number of ether oxygens (including phenoxy) is 1. The van der Waals surface area contributed by atoms with Gasteiger partial charge >= 0.3 is 0 Å². The Balaban J connectivity index is 1.43. The van der Waals surface area contributed by atoms with Gasteiger partial charge in [0.05, 0.1) is 25.2 Å². The number of aromatic nitrogens is 2. The number of furan rings is 1. The van der Waals surface area contributed by atoms with E-state index in [1.807, 2.05) is 48.7 Å². The molecule has 0 atom stereocenters. The second kappa shape index (κ2) is 13.3. The molecule has 1 saturated heterocycles. The Hall–Kier alpha value is -4.18. The third kappa shape index (κ3) is 7.06. The van der Waals surface area contributed by atoms with E-state index >= 15 is 0 Å². The van der Waals surface area contributed by atoms with E-state index in [0.29, 0.717) is 22.8 Å². The molecule has 1 aliphatic rings. The van der Waals surface area contributed by atoms with Crippen molar-refractivity contribution in [2.45, 2.75) is 6.42 Å². The second-order valence-electron chi connectivity index (χ2n) is 9.27. The van der Waals surface area contributed by atoms with E-state index in [-0.39, 0.29) is 11.5 Å². The predicted molar refractivity (Wildman–Crippen MR) is 153 cm³/mol. The molecule has 9 nitrogen and oxygen atoms in total. The maximum Gasteiger partial charge on any atom is 0.291 e. The number of amides is 2. The molecule has 2 amide bonds. The number of nitrogens with one attached hydrogen (secondary N) is 2. The number of benzene rings is 2. The highest BCUT2D eigenvalue weighted by Gasteiger charge is 2.19. The van der Waals surface area contributed by atoms with Gasteiger partial charge in [-0.05, 0) is 55.4 Å². The van der Waals surface area contributed by atoms with Crippen LogP contribution in [0.5, 0.6) is 0 Å². The van der Waals surface area contributed by atoms with E-state index in [0.717, 1.165) is 50.5 Å². The topological polar surface area (TPSA) is 102 Å². The first-order chi connectivity index (χ1) is 19.6. The molecule has 2 aromatic heterocycles. The Morgan fingerprint density at radius 1 is 1.00 bits per heavy atom. The van der Waals surface area contributed by atoms with Gasteiger partial charge in [-0.15, -0.1) is 0 Å². The first-order valence-corrected chi connectivity index (χ1v) is 13.5. The molecule has 1 fully saturated rings. The van der Waals surface area contributed by atoms with E-state index in [2.05, 4.69) is 15.5 Å². The molecule has 0 spiro atoms. The number of carbonyl (C=O) groups is 2. The molecular weight excluding hydrogens is 530 g/mol. The Labute approximate surface area is 237 Å². The van der Waals surface area contributed by atoms with Crippen LogP contribution in [0.4, 0.5) is 0 Å². The first-order valence-electron chi connectivity index (χ1n) is 13.1. The third-order valence-electron chi connectivity index (χ3n) is 6.46. The van der Waals surface area contributed by atoms with E-state index in [1.54, 1.807) is 35.0 Å². The summed E-state index contributed by atoms with van der Waals surface area (Å²) in [6.45, 7) is 4.53. The van der Waals surface area contributed by atoms with Crippen LogP contribution < -0.4 is 10.6 Å². The van der Waals surface area contributed by atoms with Gasteiger partial charge in [-0.3, -0.25) is 14.5 Å². The third-order valence-corrected chi connectivity index (χ3v) is 6.71. The van der Waals surface area contributed by atoms with Crippen molar-refractivity contribution in [1.29, 1.82) is 0 Å². The normalized spacial score (nSPS) is 14.2. The molecule has 1 aliphatic heterocycles. The molecule has 2 aromatic carbocycles. The Bertz CT molecular complexity index is 1440. The lowest BCUT2D eigenvalue weighted by atomic mass is 10.1. The number of morpholine rings is 1. The number of hydrogen-bond acceptors (Lipinski definition) is 6. The number of rotatable bonds is 10. The average Bonchev–Trinajstić information content (AvgIpc) is 3.67. The molecule has 2 N–H and O–H groups in total. The maximum atomic E-state index is 13.4. The van der Waals surface area contributed by atoms with Gasteiger partial charge in [0.1, 0.15) is 11.4 Å². The summed E-state index contributed by atoms with van der Waals surface area (Å²) >= 11 is 6.13. The van der Waals surface area contributed by atoms with Gasteiger partial charge < -0.3 is 19.8 Å². The van der Waals surface area contributed by atoms with Crippen LogP contribution in [0.15, 0.2) is 89.3 Å². The van der Waals surface area contributed by atoms with Crippen LogP contribution in [0.2, 0.25) is 5.02 Å². The molecule has 4 aromatic rings. The molecular formula is C30H30ClN5O4. The Morgan fingerprint density at radius 2 is 1.77 bits per heavy atom. The van der Waals surface area contributed by atoms with Crippen molar-refractivity contribution in [3.8, 4) is 16.9 Å². The van der Waals surface area contributed by atoms with Gasteiger partial charge in [-0.1, -0.05) is 41.9 Å². The van der Waals surface area contributed by atoms with Crippen LogP contribution in [0.25, 0.3) is 23.0 Å². The highest BCUT2D eigenvalue weighted by molar-refractivity contribution is 6.30. The lowest BCUT2D eigenvalue weighted by molar-refractivity contribution is -0.117. The highest BCUT2D eigenvalue weighted by atomic mass is 35.5. The Morgan fingerprint density at radius 3 is 2.50 bits per heavy atom. The molecule has 0 unspecified atom stereocenters. The molecule has 10 heteroatoms. The van der Waals surface area contributed by atoms with Crippen LogP contribution in [-0.4, -0.2) is 65.9 Å². The van der Waals surface area contributed by atoms with Crippen molar-refractivity contribution >= 4 is 29.5 Å². The molecule has 0 aliphatic carbocycles. The van der Waals surface area contributed by atoms with Crippen molar-refractivity contribution in [3.05, 3.63) is 101 Å². The van der Waals surface area contributed by atoms with Crippen LogP contribution in [-0.2, 0) is 9.53 Å². The summed E-state index contributed by atoms with van der Waals surface area (Å²) in [5.41, 5.74) is 3.02. The molecule has 206 valence electrons.